The van der Waals surface area contributed by atoms with Crippen LogP contribution in [0.4, 0.5) is 11.6 Å². The largest absolute Gasteiger partial charge is 0.495 e. The van der Waals surface area contributed by atoms with Gasteiger partial charge < -0.3 is 15.0 Å². The van der Waals surface area contributed by atoms with Gasteiger partial charge in [0.15, 0.2) is 5.78 Å². The molecule has 0 spiro atoms. The summed E-state index contributed by atoms with van der Waals surface area (Å²) in [4.78, 5) is 25.3. The summed E-state index contributed by atoms with van der Waals surface area (Å²) < 4.78 is 6.38. The Labute approximate surface area is 178 Å². The second kappa shape index (κ2) is 7.99. The molecule has 150 valence electrons. The van der Waals surface area contributed by atoms with Gasteiger partial charge in [0.2, 0.25) is 5.95 Å². The van der Waals surface area contributed by atoms with E-state index in [1.54, 1.807) is 7.11 Å². The minimum absolute atomic E-state index is 0.206. The van der Waals surface area contributed by atoms with Crippen LogP contribution in [0.25, 0.3) is 11.4 Å². The molecule has 0 amide bonds. The number of hydrogen-bond donors (Lipinski definition) is 2. The molecule has 1 aliphatic carbocycles. The van der Waals surface area contributed by atoms with Crippen LogP contribution in [0.2, 0.25) is 0 Å². The Bertz CT molecular complexity index is 1090. The molecule has 1 aliphatic rings. The molecule has 2 aromatic heterocycles. The maximum atomic E-state index is 12.6. The first-order chi connectivity index (χ1) is 14.0. The molecule has 2 N–H and O–H groups in total. The number of aromatic nitrogens is 3. The Morgan fingerprint density at radius 1 is 1.34 bits per heavy atom. The standard InChI is InChI=1S/C22H23BrN4O2/c1-4-5-17(28)19-12(2)25-21-15(19)8-6-13-11-24-22(27-20(13)21)26-16-9-7-14(23)10-18(16)29-3/h7,9-11,25H,4-6,8H2,1-3H3,(H,24,26,27). The van der Waals surface area contributed by atoms with Crippen LogP contribution in [0.15, 0.2) is 28.9 Å². The molecule has 0 aliphatic heterocycles. The van der Waals surface area contributed by atoms with Crippen LogP contribution in [0.3, 0.4) is 0 Å². The van der Waals surface area contributed by atoms with E-state index in [9.17, 15) is 4.79 Å². The van der Waals surface area contributed by atoms with Crippen molar-refractivity contribution in [2.75, 3.05) is 12.4 Å². The van der Waals surface area contributed by atoms with Gasteiger partial charge in [-0.25, -0.2) is 9.97 Å². The van der Waals surface area contributed by atoms with E-state index in [0.29, 0.717) is 18.1 Å². The number of aromatic amines is 1. The lowest BCUT2D eigenvalue weighted by Gasteiger charge is -2.17. The average molecular weight is 455 g/mol. The highest BCUT2D eigenvalue weighted by atomic mass is 79.9. The number of halogens is 1. The molecule has 6 nitrogen and oxygen atoms in total. The number of hydrogen-bond acceptors (Lipinski definition) is 5. The van der Waals surface area contributed by atoms with Gasteiger partial charge in [0.25, 0.3) is 0 Å². The van der Waals surface area contributed by atoms with Crippen LogP contribution < -0.4 is 10.1 Å². The number of fused-ring (bicyclic) bond motifs is 3. The Hall–Kier alpha value is -2.67. The molecule has 3 aromatic rings. The molecule has 4 rings (SSSR count). The third-order valence-electron chi connectivity index (χ3n) is 5.20. The summed E-state index contributed by atoms with van der Waals surface area (Å²) in [6.07, 6.45) is 4.93. The maximum Gasteiger partial charge on any atom is 0.227 e. The number of rotatable bonds is 6. The average Bonchev–Trinajstić information content (AvgIpc) is 3.06. The van der Waals surface area contributed by atoms with Crippen LogP contribution in [-0.4, -0.2) is 27.8 Å². The number of ketones is 1. The van der Waals surface area contributed by atoms with E-state index < -0.39 is 0 Å². The zero-order valence-corrected chi connectivity index (χ0v) is 18.3. The number of methoxy groups -OCH3 is 1. The molecule has 0 bridgehead atoms. The summed E-state index contributed by atoms with van der Waals surface area (Å²) in [5.74, 6) is 1.40. The third-order valence-corrected chi connectivity index (χ3v) is 5.70. The van der Waals surface area contributed by atoms with Crippen molar-refractivity contribution in [1.29, 1.82) is 0 Å². The zero-order valence-electron chi connectivity index (χ0n) is 16.7. The number of H-pyrrole nitrogens is 1. The molecular formula is C22H23BrN4O2. The lowest BCUT2D eigenvalue weighted by atomic mass is 9.90. The number of nitrogens with zero attached hydrogens (tertiary/aromatic N) is 2. The normalized spacial score (nSPS) is 12.3. The van der Waals surface area contributed by atoms with E-state index >= 15 is 0 Å². The van der Waals surface area contributed by atoms with E-state index in [1.807, 2.05) is 38.2 Å². The highest BCUT2D eigenvalue weighted by Gasteiger charge is 2.27. The predicted octanol–water partition coefficient (Wildman–Crippen LogP) is 5.38. The molecule has 1 aromatic carbocycles. The van der Waals surface area contributed by atoms with Gasteiger partial charge in [-0.3, -0.25) is 4.79 Å². The lowest BCUT2D eigenvalue weighted by molar-refractivity contribution is 0.0980. The summed E-state index contributed by atoms with van der Waals surface area (Å²) in [5, 5.41) is 3.25. The van der Waals surface area contributed by atoms with E-state index in [0.717, 1.165) is 63.2 Å². The Balaban J connectivity index is 1.72. The van der Waals surface area contributed by atoms with E-state index in [2.05, 4.69) is 31.2 Å². The Kier molecular flexibility index (Phi) is 5.41. The van der Waals surface area contributed by atoms with Gasteiger partial charge in [0.1, 0.15) is 5.75 Å². The molecule has 0 saturated carbocycles. The molecule has 0 unspecified atom stereocenters. The molecule has 0 saturated heterocycles. The quantitative estimate of drug-likeness (QED) is 0.488. The molecule has 0 radical (unpaired) electrons. The molecule has 7 heteroatoms. The van der Waals surface area contributed by atoms with Gasteiger partial charge in [-0.2, -0.15) is 0 Å². The third kappa shape index (κ3) is 3.67. The van der Waals surface area contributed by atoms with Gasteiger partial charge >= 0.3 is 0 Å². The number of ether oxygens (including phenoxy) is 1. The van der Waals surface area contributed by atoms with Crippen molar-refractivity contribution < 1.29 is 9.53 Å². The van der Waals surface area contributed by atoms with Crippen molar-refractivity contribution in [3.05, 3.63) is 51.3 Å². The van der Waals surface area contributed by atoms with Crippen LogP contribution in [0.5, 0.6) is 5.75 Å². The molecule has 29 heavy (non-hydrogen) atoms. The molecular weight excluding hydrogens is 432 g/mol. The summed E-state index contributed by atoms with van der Waals surface area (Å²) in [6.45, 7) is 4.00. The number of carbonyl (C=O) groups is 1. The second-order valence-electron chi connectivity index (χ2n) is 7.19. The lowest BCUT2D eigenvalue weighted by Crippen LogP contribution is -2.11. The SMILES string of the molecule is CCCC(=O)c1c(C)[nH]c2c1CCc1cnc(Nc3ccc(Br)cc3OC)nc1-2. The van der Waals surface area contributed by atoms with Gasteiger partial charge in [-0.15, -0.1) is 0 Å². The monoisotopic (exact) mass is 454 g/mol. The summed E-state index contributed by atoms with van der Waals surface area (Å²) in [7, 11) is 1.63. The van der Waals surface area contributed by atoms with Crippen LogP contribution >= 0.6 is 15.9 Å². The molecule has 2 heterocycles. The number of carbonyl (C=O) groups excluding carboxylic acids is 1. The number of nitrogens with one attached hydrogen (secondary N) is 2. The van der Waals surface area contributed by atoms with Crippen molar-refractivity contribution in [1.82, 2.24) is 15.0 Å². The fraction of sp³-hybridized carbons (Fsp3) is 0.318. The van der Waals surface area contributed by atoms with E-state index in [-0.39, 0.29) is 5.78 Å². The number of anilines is 2. The minimum atomic E-state index is 0.206. The summed E-state index contributed by atoms with van der Waals surface area (Å²) in [6, 6.07) is 5.73. The first kappa shape index (κ1) is 19.6. The smallest absolute Gasteiger partial charge is 0.227 e. The van der Waals surface area contributed by atoms with E-state index in [4.69, 9.17) is 9.72 Å². The van der Waals surface area contributed by atoms with Crippen molar-refractivity contribution in [3.63, 3.8) is 0 Å². The zero-order chi connectivity index (χ0) is 20.5. The van der Waals surface area contributed by atoms with Gasteiger partial charge in [0, 0.05) is 28.3 Å². The summed E-state index contributed by atoms with van der Waals surface area (Å²) in [5.41, 5.74) is 6.52. The van der Waals surface area contributed by atoms with Crippen LogP contribution in [-0.2, 0) is 12.8 Å². The van der Waals surface area contributed by atoms with E-state index in [1.165, 1.54) is 0 Å². The minimum Gasteiger partial charge on any atom is -0.495 e. The predicted molar refractivity (Wildman–Crippen MR) is 117 cm³/mol. The first-order valence-electron chi connectivity index (χ1n) is 9.73. The highest BCUT2D eigenvalue weighted by Crippen LogP contribution is 2.36. The van der Waals surface area contributed by atoms with Crippen molar-refractivity contribution in [2.24, 2.45) is 0 Å². The van der Waals surface area contributed by atoms with Gasteiger partial charge in [0.05, 0.1) is 24.2 Å². The molecule has 0 atom stereocenters. The Morgan fingerprint density at radius 2 is 2.17 bits per heavy atom. The van der Waals surface area contributed by atoms with Crippen LogP contribution in [0, 0.1) is 6.92 Å². The van der Waals surface area contributed by atoms with Crippen molar-refractivity contribution >= 4 is 33.3 Å². The topological polar surface area (TPSA) is 79.9 Å². The Morgan fingerprint density at radius 3 is 2.93 bits per heavy atom. The second-order valence-corrected chi connectivity index (χ2v) is 8.10. The van der Waals surface area contributed by atoms with Gasteiger partial charge in [-0.05, 0) is 55.5 Å². The fourth-order valence-corrected chi connectivity index (χ4v) is 4.21. The van der Waals surface area contributed by atoms with Crippen molar-refractivity contribution in [2.45, 2.75) is 39.5 Å². The summed E-state index contributed by atoms with van der Waals surface area (Å²) >= 11 is 3.45. The number of aryl methyl sites for hydroxylation is 2. The van der Waals surface area contributed by atoms with Crippen molar-refractivity contribution in [3.8, 4) is 17.1 Å². The maximum absolute atomic E-state index is 12.6. The van der Waals surface area contributed by atoms with Gasteiger partial charge in [-0.1, -0.05) is 22.9 Å². The fourth-order valence-electron chi connectivity index (χ4n) is 3.87. The number of benzene rings is 1. The molecule has 0 fully saturated rings. The number of Topliss-reactive ketones (excluding diaryl/α,β-unsaturated/α-hetero) is 1. The first-order valence-corrected chi connectivity index (χ1v) is 10.5. The highest BCUT2D eigenvalue weighted by molar-refractivity contribution is 9.10. The van der Waals surface area contributed by atoms with Crippen LogP contribution in [0.1, 0.15) is 46.9 Å².